The van der Waals surface area contributed by atoms with Crippen LogP contribution in [0.4, 0.5) is 0 Å². The molecule has 5 N–H and O–H groups in total. The molecule has 4 spiro atoms. The van der Waals surface area contributed by atoms with E-state index in [1.165, 1.54) is 276 Å². The zero-order valence-corrected chi connectivity index (χ0v) is 84.6. The molecule has 24 rings (SSSR count). The fourth-order valence-electron chi connectivity index (χ4n) is 40.0. The van der Waals surface area contributed by atoms with Crippen LogP contribution in [0.15, 0.2) is 56.7 Å². The molecule has 0 radical (unpaired) electrons. The first kappa shape index (κ1) is 91.3. The monoisotopic (exact) mass is 1740 g/mol. The highest BCUT2D eigenvalue weighted by Crippen LogP contribution is 2.72. The van der Waals surface area contributed by atoms with Crippen LogP contribution in [0.2, 0.25) is 0 Å². The largest absolute Gasteiger partial charge is 0.369 e. The van der Waals surface area contributed by atoms with E-state index >= 15 is 0 Å². The van der Waals surface area contributed by atoms with Crippen LogP contribution in [0.5, 0.6) is 0 Å². The molecule has 1 amide bonds. The normalized spacial score (nSPS) is 54.9. The van der Waals surface area contributed by atoms with E-state index in [1.54, 1.807) is 29.2 Å². The molecule has 43 atom stereocenters. The van der Waals surface area contributed by atoms with Gasteiger partial charge in [0.25, 0.3) is 0 Å². The molecule has 10 nitrogen and oxygen atoms in total. The van der Waals surface area contributed by atoms with Crippen LogP contribution in [0, 0.1) is 176 Å². The molecule has 8 aliphatic heterocycles. The number of allylic oxidation sites excluding steroid dienone is 5. The Morgan fingerprint density at radius 2 is 0.614 bits per heavy atom. The van der Waals surface area contributed by atoms with E-state index in [0.29, 0.717) is 100.0 Å². The average molecular weight is 1740 g/mol. The molecule has 710 valence electrons. The Morgan fingerprint density at radius 1 is 0.331 bits per heavy atom. The van der Waals surface area contributed by atoms with Crippen LogP contribution in [-0.4, -0.2) is 109 Å². The number of carbonyl (C=O) groups is 1. The van der Waals surface area contributed by atoms with E-state index in [2.05, 4.69) is 158 Å². The smallest absolute Gasteiger partial charge is 0.217 e. The molecule has 12 saturated carbocycles. The molecule has 0 aromatic heterocycles. The molecule has 127 heavy (non-hydrogen) atoms. The minimum atomic E-state index is 0.0564. The van der Waals surface area contributed by atoms with Gasteiger partial charge in [0.05, 0.1) is 46.8 Å². The number of fused-ring (bicyclic) bond motifs is 24. The van der Waals surface area contributed by atoms with Crippen LogP contribution in [0.25, 0.3) is 0 Å². The zero-order chi connectivity index (χ0) is 88.5. The van der Waals surface area contributed by atoms with Crippen molar-refractivity contribution in [2.45, 2.75) is 465 Å². The van der Waals surface area contributed by atoms with Crippen LogP contribution in [-0.2, 0) is 23.7 Å². The molecule has 10 heteroatoms. The molecule has 1 unspecified atom stereocenters. The van der Waals surface area contributed by atoms with Gasteiger partial charge in [-0.05, 0) is 450 Å². The number of hydrogen-bond donors (Lipinski definition) is 5. The van der Waals surface area contributed by atoms with Crippen molar-refractivity contribution in [3.8, 4) is 0 Å². The fraction of sp³-hybridized carbons (Fsp3) is 0.906. The minimum Gasteiger partial charge on any atom is -0.369 e. The van der Waals surface area contributed by atoms with Crippen molar-refractivity contribution >= 4 is 5.91 Å². The topological polar surface area (TPSA) is 114 Å². The van der Waals surface area contributed by atoms with Crippen molar-refractivity contribution < 1.29 is 23.7 Å². The fourth-order valence-corrected chi connectivity index (χ4v) is 40.0. The Bertz CT molecular complexity index is 4100. The highest BCUT2D eigenvalue weighted by Gasteiger charge is 2.67. The van der Waals surface area contributed by atoms with Gasteiger partial charge in [0.2, 0.25) is 5.91 Å². The van der Waals surface area contributed by atoms with Crippen molar-refractivity contribution in [3.63, 3.8) is 0 Å². The number of amides is 1. The third-order valence-corrected chi connectivity index (χ3v) is 47.4. The van der Waals surface area contributed by atoms with Gasteiger partial charge in [0.1, 0.15) is 0 Å². The van der Waals surface area contributed by atoms with Gasteiger partial charge in [0, 0.05) is 60.8 Å². The maximum Gasteiger partial charge on any atom is 0.217 e. The number of carbonyl (C=O) groups excluding carboxylic acids is 1. The lowest BCUT2D eigenvalue weighted by Gasteiger charge is -2.54. The van der Waals surface area contributed by atoms with E-state index in [-0.39, 0.29) is 28.3 Å². The Kier molecular flexibility index (Phi) is 24.6. The quantitative estimate of drug-likeness (QED) is 0.164. The molecular formula is C117H187N5O5. The second-order valence-electron chi connectivity index (χ2n) is 54.1. The van der Waals surface area contributed by atoms with Gasteiger partial charge in [-0.1, -0.05) is 167 Å². The van der Waals surface area contributed by atoms with Gasteiger partial charge >= 0.3 is 0 Å². The van der Waals surface area contributed by atoms with E-state index in [4.69, 9.17) is 18.9 Å². The van der Waals surface area contributed by atoms with E-state index < -0.39 is 0 Å². The summed E-state index contributed by atoms with van der Waals surface area (Å²) < 4.78 is 28.2. The molecular weight excluding hydrogens is 1560 g/mol. The zero-order valence-electron chi connectivity index (χ0n) is 84.6. The molecule has 0 aromatic rings. The van der Waals surface area contributed by atoms with Gasteiger partial charge in [-0.15, -0.1) is 0 Å². The second-order valence-corrected chi connectivity index (χ2v) is 54.1. The Hall–Kier alpha value is -2.15. The van der Waals surface area contributed by atoms with Crippen LogP contribution < -0.4 is 26.6 Å². The van der Waals surface area contributed by atoms with Gasteiger partial charge in [-0.25, -0.2) is 0 Å². The molecule has 8 saturated heterocycles. The highest BCUT2D eigenvalue weighted by molar-refractivity contribution is 5.73. The van der Waals surface area contributed by atoms with Crippen molar-refractivity contribution in [2.24, 2.45) is 176 Å². The molecule has 24 aliphatic rings. The molecule has 20 fully saturated rings. The van der Waals surface area contributed by atoms with E-state index in [0.717, 1.165) is 143 Å². The van der Waals surface area contributed by atoms with Crippen molar-refractivity contribution in [1.82, 2.24) is 26.6 Å². The van der Waals surface area contributed by atoms with E-state index in [9.17, 15) is 4.79 Å². The van der Waals surface area contributed by atoms with Crippen LogP contribution in [0.3, 0.4) is 0 Å². The molecule has 0 bridgehead atoms. The van der Waals surface area contributed by atoms with Crippen LogP contribution >= 0.6 is 0 Å². The number of rotatable bonds is 1. The molecule has 8 heterocycles. The maximum absolute atomic E-state index is 11.7. The third-order valence-electron chi connectivity index (χ3n) is 47.4. The number of nitrogens with one attached hydrogen (secondary N) is 5. The SMILES string of the molecule is C=C1CC[C@@]2(C)[C@H](CC[C@H]3[C@@H]4CC[C@@]5(CC(C)=C4C[C@@H]32)O[C@@H]2C[C@H](C)CN[C@H]2[C@H]5C)C1.CC(=O)N[C@@H]1CC[C@@]2(C)[C@H](CC[C@H]3[C@@H]4CC[C@@]5(CC(C)=C4C[C@@H]32)O[C@@H]2C[C@H](C)CN[C@H]2[C@H]5C)C1.CC1=C2C[C@H]3[C@@H](CC[C@@H]4CC(C)CC[C@@]43C)[C@@H]2CC[C@@]2(C1)O[C@@H]1C[C@H](C)CN[C@H]1[C@H]2C.CC1=C2C[C@H]3[C@@H](CC[C@@H]4C[C@H](C)CC[C@@]43C)[C@@H]2CC[C@@]2(C1)O[C@@H]1C[C@H](C)CN[C@H]1[C@H]2C. The summed E-state index contributed by atoms with van der Waals surface area (Å²) in [6.45, 7) is 55.9. The highest BCUT2D eigenvalue weighted by atomic mass is 16.5. The summed E-state index contributed by atoms with van der Waals surface area (Å²) in [4.78, 5) is 11.7. The predicted octanol–water partition coefficient (Wildman–Crippen LogP) is 25.8. The third kappa shape index (κ3) is 15.4. The lowest BCUT2D eigenvalue weighted by atomic mass is 9.51. The predicted molar refractivity (Wildman–Crippen MR) is 520 cm³/mol. The Labute approximate surface area is 775 Å². The number of ether oxygens (including phenoxy) is 4. The first-order valence-electron chi connectivity index (χ1n) is 55.9. The first-order chi connectivity index (χ1) is 60.6. The summed E-state index contributed by atoms with van der Waals surface area (Å²) in [5.74, 6) is 22.1. The minimum absolute atomic E-state index is 0.0564. The first-order valence-corrected chi connectivity index (χ1v) is 55.9. The Morgan fingerprint density at radius 3 is 0.921 bits per heavy atom. The van der Waals surface area contributed by atoms with Gasteiger partial charge in [0.15, 0.2) is 0 Å². The molecule has 16 aliphatic carbocycles. The van der Waals surface area contributed by atoms with Gasteiger partial charge in [-0.3, -0.25) is 4.79 Å². The van der Waals surface area contributed by atoms with E-state index in [1.807, 2.05) is 22.3 Å². The van der Waals surface area contributed by atoms with Crippen LogP contribution in [0.1, 0.15) is 388 Å². The summed E-state index contributed by atoms with van der Waals surface area (Å²) in [6.07, 6.45) is 56.0. The van der Waals surface area contributed by atoms with Crippen molar-refractivity contribution in [3.05, 3.63) is 56.7 Å². The standard InChI is InChI=1S/C30H48N2O2.2C29H47NO.C29H45NO/c1-17-12-27-28(31-16-17)19(3)30(34-27)11-9-23-24-7-6-21-13-22(32-20(4)33)8-10-29(21,5)26(24)14-25(23)18(2)15-30;3*1-17-8-10-28(5)21(12-17)6-7-23-22-9-11-29(15-19(3)24(22)14-25(23)28)20(4)27-26(31-29)13-18(2)16-30-27/h17,19,21-24,26-28,31H,6-16H2,1-5H3,(H,32,33);2*17-18,20-23,25-27,30H,6-16H2,1-5H3;18,20-23,25-27,30H,1,6-16H2,2-5H3/t17-,19+,21+,22+,23-,24-,26-,27+,28-,29-,30-;17?,18-,20+,21+,22-,23-,25-,26+,27-,28-,29-;17-,18+,20-,21-,22+,23+,25+,26-,27+,28+,29+;18-,20+,21+,22-,23-,25-,26+,27-,28-,29-/m0010/s1. The van der Waals surface area contributed by atoms with Gasteiger partial charge in [-0.2, -0.15) is 0 Å². The maximum atomic E-state index is 11.7. The Balaban J connectivity index is 0.000000103. The lowest BCUT2D eigenvalue weighted by Crippen LogP contribution is -2.50. The summed E-state index contributed by atoms with van der Waals surface area (Å²) in [7, 11) is 0. The molecule has 0 aromatic carbocycles. The summed E-state index contributed by atoms with van der Waals surface area (Å²) in [5.41, 5.74) is 18.5. The summed E-state index contributed by atoms with van der Waals surface area (Å²) >= 11 is 0. The van der Waals surface area contributed by atoms with Crippen molar-refractivity contribution in [1.29, 1.82) is 0 Å². The number of hydrogen-bond acceptors (Lipinski definition) is 9. The summed E-state index contributed by atoms with van der Waals surface area (Å²) in [5, 5.41) is 18.8. The average Bonchev–Trinajstić information content (AvgIpc) is 1.58. The summed E-state index contributed by atoms with van der Waals surface area (Å²) in [6, 6.07) is 2.69. The lowest BCUT2D eigenvalue weighted by molar-refractivity contribution is -0.121. The van der Waals surface area contributed by atoms with Crippen molar-refractivity contribution in [2.75, 3.05) is 26.2 Å². The van der Waals surface area contributed by atoms with Gasteiger partial charge < -0.3 is 45.5 Å². The number of piperidine rings is 4. The second kappa shape index (κ2) is 34.2.